The highest BCUT2D eigenvalue weighted by Gasteiger charge is 1.98. The molecule has 0 aliphatic heterocycles. The number of nitrogens with one attached hydrogen (secondary N) is 1. The minimum atomic E-state index is 0.613. The van der Waals surface area contributed by atoms with E-state index in [-0.39, 0.29) is 0 Å². The van der Waals surface area contributed by atoms with E-state index in [1.807, 2.05) is 30.3 Å². The van der Waals surface area contributed by atoms with Gasteiger partial charge in [0, 0.05) is 11.8 Å². The zero-order valence-electron chi connectivity index (χ0n) is 10.1. The van der Waals surface area contributed by atoms with Crippen molar-refractivity contribution in [3.63, 3.8) is 0 Å². The lowest BCUT2D eigenvalue weighted by Crippen LogP contribution is -1.95. The van der Waals surface area contributed by atoms with Crippen LogP contribution in [0.2, 0.25) is 0 Å². The molecule has 0 aliphatic rings. The second kappa shape index (κ2) is 5.34. The SMILES string of the molecule is CCc1cccc(Nc2cccc(OC)n2)c1. The highest BCUT2D eigenvalue weighted by atomic mass is 16.5. The van der Waals surface area contributed by atoms with Crippen molar-refractivity contribution in [2.45, 2.75) is 13.3 Å². The van der Waals surface area contributed by atoms with Gasteiger partial charge < -0.3 is 10.1 Å². The van der Waals surface area contributed by atoms with Crippen LogP contribution in [0.3, 0.4) is 0 Å². The van der Waals surface area contributed by atoms with Gasteiger partial charge in [-0.3, -0.25) is 0 Å². The molecule has 2 aromatic rings. The Morgan fingerprint density at radius 1 is 1.18 bits per heavy atom. The second-order valence-corrected chi connectivity index (χ2v) is 3.74. The van der Waals surface area contributed by atoms with E-state index in [4.69, 9.17) is 4.74 Å². The van der Waals surface area contributed by atoms with Crippen LogP contribution in [0.4, 0.5) is 11.5 Å². The van der Waals surface area contributed by atoms with E-state index in [1.165, 1.54) is 5.56 Å². The number of hydrogen-bond donors (Lipinski definition) is 1. The summed E-state index contributed by atoms with van der Waals surface area (Å²) in [5.41, 5.74) is 2.35. The summed E-state index contributed by atoms with van der Waals surface area (Å²) in [4.78, 5) is 4.31. The van der Waals surface area contributed by atoms with Crippen molar-refractivity contribution in [2.24, 2.45) is 0 Å². The molecule has 0 radical (unpaired) electrons. The summed E-state index contributed by atoms with van der Waals surface area (Å²) in [5.74, 6) is 1.40. The van der Waals surface area contributed by atoms with Crippen molar-refractivity contribution in [1.82, 2.24) is 4.98 Å². The molecule has 3 nitrogen and oxygen atoms in total. The van der Waals surface area contributed by atoms with E-state index in [1.54, 1.807) is 7.11 Å². The number of aryl methyl sites for hydroxylation is 1. The van der Waals surface area contributed by atoms with Gasteiger partial charge in [-0.25, -0.2) is 0 Å². The third-order valence-corrected chi connectivity index (χ3v) is 2.54. The molecule has 3 heteroatoms. The molecule has 2 rings (SSSR count). The number of rotatable bonds is 4. The highest BCUT2D eigenvalue weighted by Crippen LogP contribution is 2.18. The van der Waals surface area contributed by atoms with Crippen LogP contribution < -0.4 is 10.1 Å². The Morgan fingerprint density at radius 3 is 2.76 bits per heavy atom. The van der Waals surface area contributed by atoms with Crippen LogP contribution in [-0.2, 0) is 6.42 Å². The molecule has 0 aliphatic carbocycles. The van der Waals surface area contributed by atoms with E-state index in [2.05, 4.69) is 29.4 Å². The summed E-state index contributed by atoms with van der Waals surface area (Å²) in [7, 11) is 1.61. The number of ether oxygens (including phenoxy) is 1. The fourth-order valence-corrected chi connectivity index (χ4v) is 1.62. The maximum Gasteiger partial charge on any atom is 0.214 e. The molecule has 0 saturated carbocycles. The lowest BCUT2D eigenvalue weighted by Gasteiger charge is -2.08. The van der Waals surface area contributed by atoms with Crippen molar-refractivity contribution in [3.05, 3.63) is 48.0 Å². The molecule has 1 aromatic carbocycles. The van der Waals surface area contributed by atoms with Gasteiger partial charge in [-0.1, -0.05) is 25.1 Å². The molecule has 17 heavy (non-hydrogen) atoms. The molecule has 0 atom stereocenters. The molecule has 88 valence electrons. The standard InChI is InChI=1S/C14H16N2O/c1-3-11-6-4-7-12(10-11)15-13-8-5-9-14(16-13)17-2/h4-10H,3H2,1-2H3,(H,15,16). The second-order valence-electron chi connectivity index (χ2n) is 3.74. The lowest BCUT2D eigenvalue weighted by atomic mass is 10.1. The predicted molar refractivity (Wildman–Crippen MR) is 69.9 cm³/mol. The van der Waals surface area contributed by atoms with Crippen LogP contribution >= 0.6 is 0 Å². The monoisotopic (exact) mass is 228 g/mol. The number of benzene rings is 1. The quantitative estimate of drug-likeness (QED) is 0.870. The first-order valence-electron chi connectivity index (χ1n) is 5.69. The number of hydrogen-bond acceptors (Lipinski definition) is 3. The number of pyridine rings is 1. The molecule has 0 saturated heterocycles. The van der Waals surface area contributed by atoms with Gasteiger partial charge in [0.05, 0.1) is 7.11 Å². The normalized spacial score (nSPS) is 10.0. The zero-order chi connectivity index (χ0) is 12.1. The van der Waals surface area contributed by atoms with Crippen LogP contribution in [-0.4, -0.2) is 12.1 Å². The van der Waals surface area contributed by atoms with Gasteiger partial charge in [-0.15, -0.1) is 0 Å². The molecule has 0 unspecified atom stereocenters. The molecular weight excluding hydrogens is 212 g/mol. The molecule has 0 spiro atoms. The first-order chi connectivity index (χ1) is 8.31. The summed E-state index contributed by atoms with van der Waals surface area (Å²) in [6, 6.07) is 14.0. The summed E-state index contributed by atoms with van der Waals surface area (Å²) >= 11 is 0. The molecule has 1 N–H and O–H groups in total. The molecule has 0 amide bonds. The van der Waals surface area contributed by atoms with Crippen LogP contribution in [0.25, 0.3) is 0 Å². The van der Waals surface area contributed by atoms with Crippen molar-refractivity contribution < 1.29 is 4.74 Å². The minimum absolute atomic E-state index is 0.613. The third-order valence-electron chi connectivity index (χ3n) is 2.54. The maximum atomic E-state index is 5.09. The van der Waals surface area contributed by atoms with Crippen molar-refractivity contribution >= 4 is 11.5 Å². The Morgan fingerprint density at radius 2 is 2.00 bits per heavy atom. The predicted octanol–water partition coefficient (Wildman–Crippen LogP) is 3.40. The molecule has 1 aromatic heterocycles. The zero-order valence-corrected chi connectivity index (χ0v) is 10.1. The van der Waals surface area contributed by atoms with Crippen molar-refractivity contribution in [1.29, 1.82) is 0 Å². The van der Waals surface area contributed by atoms with E-state index in [0.29, 0.717) is 5.88 Å². The smallest absolute Gasteiger partial charge is 0.214 e. The average molecular weight is 228 g/mol. The van der Waals surface area contributed by atoms with Gasteiger partial charge in [0.25, 0.3) is 0 Å². The summed E-state index contributed by atoms with van der Waals surface area (Å²) in [5, 5.41) is 3.26. The van der Waals surface area contributed by atoms with Gasteiger partial charge in [0.15, 0.2) is 0 Å². The Kier molecular flexibility index (Phi) is 3.60. The van der Waals surface area contributed by atoms with Crippen LogP contribution in [0.5, 0.6) is 5.88 Å². The molecule has 0 fully saturated rings. The molecular formula is C14H16N2O. The van der Waals surface area contributed by atoms with Crippen molar-refractivity contribution in [3.8, 4) is 5.88 Å². The Hall–Kier alpha value is -2.03. The van der Waals surface area contributed by atoms with Gasteiger partial charge in [0.2, 0.25) is 5.88 Å². The Bertz CT molecular complexity index is 452. The van der Waals surface area contributed by atoms with Gasteiger partial charge >= 0.3 is 0 Å². The first kappa shape index (κ1) is 11.5. The molecule has 0 bridgehead atoms. The maximum absolute atomic E-state index is 5.09. The fourth-order valence-electron chi connectivity index (χ4n) is 1.62. The third kappa shape index (κ3) is 2.97. The van der Waals surface area contributed by atoms with Gasteiger partial charge in [-0.05, 0) is 30.2 Å². The fraction of sp³-hybridized carbons (Fsp3) is 0.214. The van der Waals surface area contributed by atoms with E-state index in [9.17, 15) is 0 Å². The Labute approximate surface area is 101 Å². The Balaban J connectivity index is 2.18. The summed E-state index contributed by atoms with van der Waals surface area (Å²) in [6.45, 7) is 2.14. The number of aromatic nitrogens is 1. The number of nitrogens with zero attached hydrogens (tertiary/aromatic N) is 1. The van der Waals surface area contributed by atoms with Gasteiger partial charge in [-0.2, -0.15) is 4.98 Å². The number of anilines is 2. The van der Waals surface area contributed by atoms with Crippen LogP contribution in [0.1, 0.15) is 12.5 Å². The average Bonchev–Trinajstić information content (AvgIpc) is 2.39. The van der Waals surface area contributed by atoms with E-state index in [0.717, 1.165) is 17.9 Å². The molecule has 1 heterocycles. The van der Waals surface area contributed by atoms with E-state index < -0.39 is 0 Å². The van der Waals surface area contributed by atoms with Crippen molar-refractivity contribution in [2.75, 3.05) is 12.4 Å². The lowest BCUT2D eigenvalue weighted by molar-refractivity contribution is 0.398. The van der Waals surface area contributed by atoms with Gasteiger partial charge in [0.1, 0.15) is 5.82 Å². The highest BCUT2D eigenvalue weighted by molar-refractivity contribution is 5.57. The first-order valence-corrected chi connectivity index (χ1v) is 5.69. The minimum Gasteiger partial charge on any atom is -0.481 e. The summed E-state index contributed by atoms with van der Waals surface area (Å²) < 4.78 is 5.09. The van der Waals surface area contributed by atoms with Crippen LogP contribution in [0.15, 0.2) is 42.5 Å². The number of methoxy groups -OCH3 is 1. The van der Waals surface area contributed by atoms with E-state index >= 15 is 0 Å². The largest absolute Gasteiger partial charge is 0.481 e. The topological polar surface area (TPSA) is 34.1 Å². The van der Waals surface area contributed by atoms with Crippen LogP contribution in [0, 0.1) is 0 Å². The summed E-state index contributed by atoms with van der Waals surface area (Å²) in [6.07, 6.45) is 1.03.